The zero-order valence-electron chi connectivity index (χ0n) is 13.1. The van der Waals surface area contributed by atoms with E-state index in [0.717, 1.165) is 29.8 Å². The lowest BCUT2D eigenvalue weighted by Crippen LogP contribution is -2.29. The van der Waals surface area contributed by atoms with Crippen molar-refractivity contribution >= 4 is 23.3 Å². The molecule has 0 unspecified atom stereocenters. The Kier molecular flexibility index (Phi) is 6.76. The lowest BCUT2D eigenvalue weighted by atomic mass is 10.2. The second-order valence-corrected chi connectivity index (χ2v) is 5.61. The van der Waals surface area contributed by atoms with E-state index in [1.165, 1.54) is 0 Å². The fraction of sp³-hybridized carbons (Fsp3) is 0.278. The zero-order valence-corrected chi connectivity index (χ0v) is 13.9. The van der Waals surface area contributed by atoms with E-state index < -0.39 is 0 Å². The van der Waals surface area contributed by atoms with Crippen LogP contribution in [-0.4, -0.2) is 12.6 Å². The van der Waals surface area contributed by atoms with Gasteiger partial charge in [-0.3, -0.25) is 0 Å². The van der Waals surface area contributed by atoms with Crippen LogP contribution in [0.1, 0.15) is 25.3 Å². The predicted octanol–water partition coefficient (Wildman–Crippen LogP) is 4.84. The number of ether oxygens (including phenoxy) is 1. The number of nitrogens with one attached hydrogen (secondary N) is 2. The average molecular weight is 333 g/mol. The summed E-state index contributed by atoms with van der Waals surface area (Å²) in [5, 5.41) is 6.30. The summed E-state index contributed by atoms with van der Waals surface area (Å²) >= 11 is 5.85. The number of hydrogen-bond donors (Lipinski definition) is 2. The number of halogens is 1. The quantitative estimate of drug-likeness (QED) is 0.713. The molecule has 2 aromatic rings. The molecule has 0 heterocycles. The van der Waals surface area contributed by atoms with Crippen molar-refractivity contribution in [2.24, 2.45) is 0 Å². The minimum absolute atomic E-state index is 0.187. The van der Waals surface area contributed by atoms with E-state index in [-0.39, 0.29) is 6.03 Å². The third-order valence-electron chi connectivity index (χ3n) is 3.25. The topological polar surface area (TPSA) is 50.4 Å². The maximum absolute atomic E-state index is 11.6. The number of hydrogen-bond acceptors (Lipinski definition) is 2. The molecule has 0 bridgehead atoms. The van der Waals surface area contributed by atoms with E-state index >= 15 is 0 Å². The van der Waals surface area contributed by atoms with Crippen molar-refractivity contribution in [1.82, 2.24) is 5.32 Å². The highest BCUT2D eigenvalue weighted by Crippen LogP contribution is 2.17. The number of anilines is 1. The molecular weight excluding hydrogens is 312 g/mol. The van der Waals surface area contributed by atoms with Crippen LogP contribution in [0.15, 0.2) is 48.5 Å². The standard InChI is InChI=1S/C18H21ClN2O2/c1-2-3-12-20-18(22)21-16-8-10-17(11-9-16)23-13-14-4-6-15(19)7-5-14/h4-11H,2-3,12-13H2,1H3,(H2,20,21,22). The molecule has 0 atom stereocenters. The zero-order chi connectivity index (χ0) is 16.5. The van der Waals surface area contributed by atoms with Gasteiger partial charge in [0.15, 0.2) is 0 Å². The lowest BCUT2D eigenvalue weighted by molar-refractivity contribution is 0.252. The number of benzene rings is 2. The Morgan fingerprint density at radius 2 is 1.78 bits per heavy atom. The van der Waals surface area contributed by atoms with Gasteiger partial charge in [-0.2, -0.15) is 0 Å². The van der Waals surface area contributed by atoms with Gasteiger partial charge >= 0.3 is 6.03 Å². The molecule has 0 aliphatic heterocycles. The van der Waals surface area contributed by atoms with Crippen LogP contribution >= 0.6 is 11.6 Å². The minimum atomic E-state index is -0.187. The normalized spacial score (nSPS) is 10.2. The smallest absolute Gasteiger partial charge is 0.319 e. The number of amides is 2. The summed E-state index contributed by atoms with van der Waals surface area (Å²) in [4.78, 5) is 11.6. The van der Waals surface area contributed by atoms with Crippen LogP contribution < -0.4 is 15.4 Å². The Balaban J connectivity index is 1.79. The first-order valence-corrected chi connectivity index (χ1v) is 8.07. The fourth-order valence-electron chi connectivity index (χ4n) is 1.94. The van der Waals surface area contributed by atoms with E-state index in [9.17, 15) is 4.79 Å². The van der Waals surface area contributed by atoms with Crippen LogP contribution in [-0.2, 0) is 6.61 Å². The molecule has 0 aliphatic rings. The summed E-state index contributed by atoms with van der Waals surface area (Å²) in [5.74, 6) is 0.747. The molecule has 23 heavy (non-hydrogen) atoms. The van der Waals surface area contributed by atoms with E-state index in [1.807, 2.05) is 48.5 Å². The molecule has 122 valence electrons. The molecule has 0 radical (unpaired) electrons. The summed E-state index contributed by atoms with van der Waals surface area (Å²) in [6.45, 7) is 3.24. The summed E-state index contributed by atoms with van der Waals surface area (Å²) < 4.78 is 5.70. The first-order chi connectivity index (χ1) is 11.2. The Morgan fingerprint density at radius 1 is 1.09 bits per heavy atom. The molecule has 0 saturated heterocycles. The molecule has 2 amide bonds. The van der Waals surface area contributed by atoms with Crippen molar-refractivity contribution in [3.63, 3.8) is 0 Å². The van der Waals surface area contributed by atoms with Crippen LogP contribution in [0.2, 0.25) is 5.02 Å². The predicted molar refractivity (Wildman–Crippen MR) is 94.2 cm³/mol. The Bertz CT molecular complexity index is 612. The van der Waals surface area contributed by atoms with Crippen LogP contribution in [0.3, 0.4) is 0 Å². The molecule has 2 N–H and O–H groups in total. The molecule has 0 fully saturated rings. The van der Waals surface area contributed by atoms with E-state index in [2.05, 4.69) is 17.6 Å². The molecule has 0 aromatic heterocycles. The Hall–Kier alpha value is -2.20. The highest BCUT2D eigenvalue weighted by atomic mass is 35.5. The highest BCUT2D eigenvalue weighted by molar-refractivity contribution is 6.30. The molecule has 0 aliphatic carbocycles. The largest absolute Gasteiger partial charge is 0.489 e. The van der Waals surface area contributed by atoms with Crippen LogP contribution in [0.5, 0.6) is 5.75 Å². The number of carbonyl (C=O) groups is 1. The number of carbonyl (C=O) groups excluding carboxylic acids is 1. The maximum Gasteiger partial charge on any atom is 0.319 e. The highest BCUT2D eigenvalue weighted by Gasteiger charge is 2.01. The monoisotopic (exact) mass is 332 g/mol. The van der Waals surface area contributed by atoms with Gasteiger partial charge in [-0.25, -0.2) is 4.79 Å². The second kappa shape index (κ2) is 9.06. The fourth-order valence-corrected chi connectivity index (χ4v) is 2.06. The summed E-state index contributed by atoms with van der Waals surface area (Å²) in [6, 6.07) is 14.6. The third kappa shape index (κ3) is 6.20. The third-order valence-corrected chi connectivity index (χ3v) is 3.50. The van der Waals surface area contributed by atoms with Crippen molar-refractivity contribution in [3.8, 4) is 5.75 Å². The van der Waals surface area contributed by atoms with Gasteiger partial charge in [0.2, 0.25) is 0 Å². The van der Waals surface area contributed by atoms with E-state index in [0.29, 0.717) is 18.2 Å². The Labute approximate surface area is 141 Å². The number of unbranched alkanes of at least 4 members (excludes halogenated alkanes) is 1. The first-order valence-electron chi connectivity index (χ1n) is 7.69. The summed E-state index contributed by atoms with van der Waals surface area (Å²) in [6.07, 6.45) is 2.03. The van der Waals surface area contributed by atoms with Gasteiger partial charge in [-0.15, -0.1) is 0 Å². The van der Waals surface area contributed by atoms with Crippen LogP contribution in [0, 0.1) is 0 Å². The number of rotatable bonds is 7. The molecule has 5 heteroatoms. The van der Waals surface area contributed by atoms with Crippen molar-refractivity contribution in [1.29, 1.82) is 0 Å². The second-order valence-electron chi connectivity index (χ2n) is 5.17. The summed E-state index contributed by atoms with van der Waals surface area (Å²) in [5.41, 5.74) is 1.78. The molecule has 2 rings (SSSR count). The van der Waals surface area contributed by atoms with Crippen molar-refractivity contribution < 1.29 is 9.53 Å². The van der Waals surface area contributed by atoms with Crippen LogP contribution in [0.4, 0.5) is 10.5 Å². The lowest BCUT2D eigenvalue weighted by Gasteiger charge is -2.09. The van der Waals surface area contributed by atoms with Gasteiger partial charge in [-0.1, -0.05) is 37.1 Å². The van der Waals surface area contributed by atoms with Gasteiger partial charge in [0, 0.05) is 17.3 Å². The summed E-state index contributed by atoms with van der Waals surface area (Å²) in [7, 11) is 0. The van der Waals surface area contributed by atoms with Crippen molar-refractivity contribution in [3.05, 3.63) is 59.1 Å². The van der Waals surface area contributed by atoms with Crippen LogP contribution in [0.25, 0.3) is 0 Å². The van der Waals surface area contributed by atoms with E-state index in [1.54, 1.807) is 0 Å². The molecule has 0 saturated carbocycles. The maximum atomic E-state index is 11.6. The van der Waals surface area contributed by atoms with Crippen molar-refractivity contribution in [2.75, 3.05) is 11.9 Å². The molecular formula is C18H21ClN2O2. The van der Waals surface area contributed by atoms with Gasteiger partial charge in [0.05, 0.1) is 0 Å². The molecule has 2 aromatic carbocycles. The average Bonchev–Trinajstić information content (AvgIpc) is 2.56. The molecule has 0 spiro atoms. The SMILES string of the molecule is CCCCNC(=O)Nc1ccc(OCc2ccc(Cl)cc2)cc1. The van der Waals surface area contributed by atoms with Gasteiger partial charge in [-0.05, 0) is 48.4 Å². The van der Waals surface area contributed by atoms with Crippen molar-refractivity contribution in [2.45, 2.75) is 26.4 Å². The van der Waals surface area contributed by atoms with Gasteiger partial charge in [0.1, 0.15) is 12.4 Å². The Morgan fingerprint density at radius 3 is 2.43 bits per heavy atom. The molecule has 4 nitrogen and oxygen atoms in total. The van der Waals surface area contributed by atoms with E-state index in [4.69, 9.17) is 16.3 Å². The minimum Gasteiger partial charge on any atom is -0.489 e. The first kappa shape index (κ1) is 17.2. The number of urea groups is 1. The van der Waals surface area contributed by atoms with Gasteiger partial charge in [0.25, 0.3) is 0 Å². The van der Waals surface area contributed by atoms with Gasteiger partial charge < -0.3 is 15.4 Å².